The third kappa shape index (κ3) is 3.63. The number of hydrogen-bond donors (Lipinski definition) is 2. The molecule has 0 amide bonds. The normalized spacial score (nSPS) is 10.6. The number of aromatic nitrogens is 4. The van der Waals surface area contributed by atoms with Crippen molar-refractivity contribution in [1.29, 1.82) is 0 Å². The van der Waals surface area contributed by atoms with Crippen LogP contribution in [0.15, 0.2) is 12.1 Å². The summed E-state index contributed by atoms with van der Waals surface area (Å²) in [6.45, 7) is 0. The van der Waals surface area contributed by atoms with Gasteiger partial charge in [0, 0.05) is 6.42 Å². The molecule has 0 aliphatic rings. The molecular formula is C10H14N6S. The van der Waals surface area contributed by atoms with E-state index >= 15 is 0 Å². The predicted octanol–water partition coefficient (Wildman–Crippen LogP) is 1.06. The molecule has 4 N–H and O–H groups in total. The molecule has 2 aromatic rings. The lowest BCUT2D eigenvalue weighted by atomic mass is 10.1. The van der Waals surface area contributed by atoms with Crippen LogP contribution in [0, 0.1) is 0 Å². The molecule has 2 heterocycles. The van der Waals surface area contributed by atoms with E-state index in [2.05, 4.69) is 20.4 Å². The van der Waals surface area contributed by atoms with Crippen LogP contribution in [0.1, 0.15) is 23.5 Å². The number of nitrogen functional groups attached to an aromatic ring is 2. The summed E-state index contributed by atoms with van der Waals surface area (Å²) in [5.74, 6) is 0.457. The molecule has 0 spiro atoms. The third-order valence-corrected chi connectivity index (χ3v) is 3.11. The van der Waals surface area contributed by atoms with Gasteiger partial charge in [-0.25, -0.2) is 0 Å². The van der Waals surface area contributed by atoms with Gasteiger partial charge in [-0.15, -0.1) is 15.3 Å². The Labute approximate surface area is 103 Å². The van der Waals surface area contributed by atoms with Gasteiger partial charge in [0.05, 0.1) is 5.69 Å². The zero-order valence-electron chi connectivity index (χ0n) is 9.33. The van der Waals surface area contributed by atoms with Crippen LogP contribution in [0.3, 0.4) is 0 Å². The van der Waals surface area contributed by atoms with Crippen molar-refractivity contribution in [3.63, 3.8) is 0 Å². The van der Waals surface area contributed by atoms with Crippen LogP contribution in [0.25, 0.3) is 0 Å². The zero-order valence-corrected chi connectivity index (χ0v) is 10.2. The number of aryl methyl sites for hydroxylation is 2. The molecule has 6 nitrogen and oxygen atoms in total. The Kier molecular flexibility index (Phi) is 3.81. The highest BCUT2D eigenvalue weighted by Crippen LogP contribution is 2.14. The quantitative estimate of drug-likeness (QED) is 0.769. The maximum absolute atomic E-state index is 5.50. The number of unbranched alkanes of at least 4 members (excludes halogenated alkanes) is 1. The average molecular weight is 250 g/mol. The lowest BCUT2D eigenvalue weighted by Crippen LogP contribution is -1.97. The van der Waals surface area contributed by atoms with E-state index < -0.39 is 0 Å². The molecule has 0 fully saturated rings. The van der Waals surface area contributed by atoms with Gasteiger partial charge in [-0.05, 0) is 31.4 Å². The molecule has 0 unspecified atom stereocenters. The second-order valence-electron chi connectivity index (χ2n) is 3.69. The number of rotatable bonds is 5. The van der Waals surface area contributed by atoms with Gasteiger partial charge in [0.1, 0.15) is 10.8 Å². The molecule has 0 radical (unpaired) electrons. The van der Waals surface area contributed by atoms with E-state index in [0.29, 0.717) is 10.9 Å². The minimum absolute atomic E-state index is 0.457. The van der Waals surface area contributed by atoms with Crippen LogP contribution < -0.4 is 11.5 Å². The van der Waals surface area contributed by atoms with Crippen LogP contribution in [0.2, 0.25) is 0 Å². The van der Waals surface area contributed by atoms with E-state index in [1.165, 1.54) is 11.3 Å². The molecule has 7 heteroatoms. The van der Waals surface area contributed by atoms with E-state index in [0.717, 1.165) is 36.4 Å². The minimum atomic E-state index is 0.457. The predicted molar refractivity (Wildman–Crippen MR) is 67.4 cm³/mol. The molecular weight excluding hydrogens is 236 g/mol. The van der Waals surface area contributed by atoms with Gasteiger partial charge >= 0.3 is 0 Å². The van der Waals surface area contributed by atoms with Crippen LogP contribution in [0.4, 0.5) is 10.9 Å². The Morgan fingerprint density at radius 2 is 1.76 bits per heavy atom. The Balaban J connectivity index is 1.71. The molecule has 0 saturated carbocycles. The van der Waals surface area contributed by atoms with Crippen molar-refractivity contribution in [2.75, 3.05) is 11.5 Å². The first-order valence-electron chi connectivity index (χ1n) is 5.40. The number of hydrogen-bond acceptors (Lipinski definition) is 7. The van der Waals surface area contributed by atoms with Gasteiger partial charge in [-0.1, -0.05) is 11.3 Å². The van der Waals surface area contributed by atoms with E-state index in [1.54, 1.807) is 6.07 Å². The maximum Gasteiger partial charge on any atom is 0.203 e. The van der Waals surface area contributed by atoms with Crippen molar-refractivity contribution in [1.82, 2.24) is 20.4 Å². The fourth-order valence-corrected chi connectivity index (χ4v) is 2.10. The van der Waals surface area contributed by atoms with Crippen molar-refractivity contribution in [3.8, 4) is 0 Å². The largest absolute Gasteiger partial charge is 0.382 e. The van der Waals surface area contributed by atoms with E-state index in [9.17, 15) is 0 Å². The molecule has 90 valence electrons. The van der Waals surface area contributed by atoms with Crippen molar-refractivity contribution in [2.45, 2.75) is 25.7 Å². The van der Waals surface area contributed by atoms with Gasteiger partial charge in [0.25, 0.3) is 0 Å². The highest BCUT2D eigenvalue weighted by molar-refractivity contribution is 7.15. The minimum Gasteiger partial charge on any atom is -0.382 e. The molecule has 0 aliphatic heterocycles. The van der Waals surface area contributed by atoms with Crippen molar-refractivity contribution in [3.05, 3.63) is 22.8 Å². The van der Waals surface area contributed by atoms with Crippen molar-refractivity contribution >= 4 is 22.3 Å². The summed E-state index contributed by atoms with van der Waals surface area (Å²) in [4.78, 5) is 0. The maximum atomic E-state index is 5.50. The first-order valence-corrected chi connectivity index (χ1v) is 6.21. The second kappa shape index (κ2) is 5.53. The standard InChI is InChI=1S/C10H14N6S/c11-8-6-5-7(13-14-8)3-1-2-4-9-15-16-10(12)17-9/h5-6H,1-4H2,(H2,11,14)(H2,12,16). The van der Waals surface area contributed by atoms with Gasteiger partial charge < -0.3 is 11.5 Å². The highest BCUT2D eigenvalue weighted by Gasteiger charge is 2.01. The molecule has 2 aromatic heterocycles. The second-order valence-corrected chi connectivity index (χ2v) is 4.78. The fourth-order valence-electron chi connectivity index (χ4n) is 1.45. The number of nitrogens with zero attached hydrogens (tertiary/aromatic N) is 4. The lowest BCUT2D eigenvalue weighted by Gasteiger charge is -1.99. The highest BCUT2D eigenvalue weighted by atomic mass is 32.1. The summed E-state index contributed by atoms with van der Waals surface area (Å²) in [7, 11) is 0. The fraction of sp³-hybridized carbons (Fsp3) is 0.400. The smallest absolute Gasteiger partial charge is 0.203 e. The summed E-state index contributed by atoms with van der Waals surface area (Å²) in [5.41, 5.74) is 11.9. The van der Waals surface area contributed by atoms with Gasteiger partial charge in [0.15, 0.2) is 0 Å². The SMILES string of the molecule is Nc1ccc(CCCCc2nnc(N)s2)nn1. The lowest BCUT2D eigenvalue weighted by molar-refractivity contribution is 0.707. The third-order valence-electron chi connectivity index (χ3n) is 2.30. The summed E-state index contributed by atoms with van der Waals surface area (Å²) in [5, 5.41) is 17.1. The average Bonchev–Trinajstić information content (AvgIpc) is 2.73. The van der Waals surface area contributed by atoms with Crippen molar-refractivity contribution in [2.24, 2.45) is 0 Å². The monoisotopic (exact) mass is 250 g/mol. The molecule has 0 aliphatic carbocycles. The summed E-state index contributed by atoms with van der Waals surface area (Å²) < 4.78 is 0. The van der Waals surface area contributed by atoms with Crippen LogP contribution >= 0.6 is 11.3 Å². The molecule has 0 atom stereocenters. The molecule has 17 heavy (non-hydrogen) atoms. The van der Waals surface area contributed by atoms with Gasteiger partial charge in [-0.2, -0.15) is 5.10 Å². The topological polar surface area (TPSA) is 104 Å². The Hall–Kier alpha value is -1.76. The van der Waals surface area contributed by atoms with Crippen LogP contribution in [-0.2, 0) is 12.8 Å². The van der Waals surface area contributed by atoms with E-state index in [1.807, 2.05) is 6.07 Å². The van der Waals surface area contributed by atoms with E-state index in [-0.39, 0.29) is 0 Å². The molecule has 2 rings (SSSR count). The first kappa shape index (κ1) is 11.7. The van der Waals surface area contributed by atoms with Gasteiger partial charge in [-0.3, -0.25) is 0 Å². The Bertz CT molecular complexity index is 466. The summed E-state index contributed by atoms with van der Waals surface area (Å²) in [6, 6.07) is 3.68. The van der Waals surface area contributed by atoms with Crippen LogP contribution in [-0.4, -0.2) is 20.4 Å². The Morgan fingerprint density at radius 1 is 0.941 bits per heavy atom. The summed E-state index contributed by atoms with van der Waals surface area (Å²) in [6.07, 6.45) is 3.90. The Morgan fingerprint density at radius 3 is 2.41 bits per heavy atom. The molecule has 0 saturated heterocycles. The van der Waals surface area contributed by atoms with Crippen LogP contribution in [0.5, 0.6) is 0 Å². The first-order chi connectivity index (χ1) is 8.24. The molecule has 0 aromatic carbocycles. The van der Waals surface area contributed by atoms with Gasteiger partial charge in [0.2, 0.25) is 5.13 Å². The number of nitrogens with two attached hydrogens (primary N) is 2. The zero-order chi connectivity index (χ0) is 12.1. The summed E-state index contributed by atoms with van der Waals surface area (Å²) >= 11 is 1.45. The van der Waals surface area contributed by atoms with Crippen molar-refractivity contribution < 1.29 is 0 Å². The number of anilines is 2. The van der Waals surface area contributed by atoms with E-state index in [4.69, 9.17) is 11.5 Å². The molecule has 0 bridgehead atoms.